The van der Waals surface area contributed by atoms with E-state index >= 15 is 0 Å². The number of aryl methyl sites for hydroxylation is 1. The molecule has 5 heteroatoms. The van der Waals surface area contributed by atoms with E-state index < -0.39 is 0 Å². The first-order valence-electron chi connectivity index (χ1n) is 9.30. The molecule has 4 nitrogen and oxygen atoms in total. The van der Waals surface area contributed by atoms with Crippen LogP contribution >= 0.6 is 11.6 Å². The van der Waals surface area contributed by atoms with Gasteiger partial charge in [0.1, 0.15) is 17.2 Å². The molecule has 0 bridgehead atoms. The molecule has 0 saturated carbocycles. The Bertz CT molecular complexity index is 1070. The molecule has 0 atom stereocenters. The van der Waals surface area contributed by atoms with E-state index in [9.17, 15) is 4.79 Å². The Kier molecular flexibility index (Phi) is 5.54. The third-order valence-corrected chi connectivity index (χ3v) is 4.90. The fraction of sp³-hybridized carbons (Fsp3) is 0.125. The lowest BCUT2D eigenvalue weighted by molar-refractivity contribution is -0.110. The first kappa shape index (κ1) is 19.1. The highest BCUT2D eigenvalue weighted by molar-refractivity contribution is 6.35. The standard InChI is InChI=1S/C24H20ClNO3/c1-28-18-6-8-19(9-7-18)29-20-4-2-3-17(13-20)15-22-21-14-16(11-12-25)5-10-23(21)26-24(22)27/h2-10,13-15H,11-12H2,1H3,(H,26,27). The summed E-state index contributed by atoms with van der Waals surface area (Å²) in [5, 5.41) is 2.92. The number of benzene rings is 3. The number of alkyl halides is 1. The van der Waals surface area contributed by atoms with Gasteiger partial charge in [0, 0.05) is 22.7 Å². The number of amides is 1. The largest absolute Gasteiger partial charge is 0.497 e. The van der Waals surface area contributed by atoms with Gasteiger partial charge in [0.05, 0.1) is 7.11 Å². The average Bonchev–Trinajstić information content (AvgIpc) is 3.04. The van der Waals surface area contributed by atoms with Gasteiger partial charge in [0.2, 0.25) is 0 Å². The first-order valence-corrected chi connectivity index (χ1v) is 9.84. The van der Waals surface area contributed by atoms with Gasteiger partial charge < -0.3 is 14.8 Å². The number of carbonyl (C=O) groups is 1. The summed E-state index contributed by atoms with van der Waals surface area (Å²) in [6, 6.07) is 21.0. The number of rotatable bonds is 6. The Balaban J connectivity index is 1.61. The van der Waals surface area contributed by atoms with Crippen LogP contribution in [0.25, 0.3) is 11.6 Å². The summed E-state index contributed by atoms with van der Waals surface area (Å²) in [5.74, 6) is 2.62. The van der Waals surface area contributed by atoms with Crippen molar-refractivity contribution in [2.24, 2.45) is 0 Å². The maximum Gasteiger partial charge on any atom is 0.256 e. The highest BCUT2D eigenvalue weighted by Crippen LogP contribution is 2.34. The Morgan fingerprint density at radius 3 is 2.52 bits per heavy atom. The summed E-state index contributed by atoms with van der Waals surface area (Å²) < 4.78 is 11.1. The quantitative estimate of drug-likeness (QED) is 0.419. The second kappa shape index (κ2) is 8.41. The summed E-state index contributed by atoms with van der Waals surface area (Å²) in [5.41, 5.74) is 4.36. The minimum atomic E-state index is -0.107. The van der Waals surface area contributed by atoms with Crippen molar-refractivity contribution >= 4 is 34.8 Å². The molecule has 0 aliphatic carbocycles. The van der Waals surface area contributed by atoms with Crippen LogP contribution in [-0.4, -0.2) is 18.9 Å². The SMILES string of the molecule is COc1ccc(Oc2cccc(C=C3C(=O)Nc4ccc(CCCl)cc43)c2)cc1. The number of ether oxygens (including phenoxy) is 2. The van der Waals surface area contributed by atoms with Crippen molar-refractivity contribution in [2.75, 3.05) is 18.3 Å². The van der Waals surface area contributed by atoms with Gasteiger partial charge in [0.15, 0.2) is 0 Å². The van der Waals surface area contributed by atoms with Crippen LogP contribution in [0.2, 0.25) is 0 Å². The van der Waals surface area contributed by atoms with E-state index in [2.05, 4.69) is 5.32 Å². The zero-order chi connectivity index (χ0) is 20.2. The van der Waals surface area contributed by atoms with Gasteiger partial charge in [-0.1, -0.05) is 18.2 Å². The summed E-state index contributed by atoms with van der Waals surface area (Å²) in [6.45, 7) is 0. The lowest BCUT2D eigenvalue weighted by Crippen LogP contribution is -2.03. The van der Waals surface area contributed by atoms with Gasteiger partial charge in [-0.15, -0.1) is 11.6 Å². The van der Waals surface area contributed by atoms with Crippen molar-refractivity contribution in [1.29, 1.82) is 0 Å². The molecular formula is C24H20ClNO3. The molecule has 1 amide bonds. The molecular weight excluding hydrogens is 386 g/mol. The minimum absolute atomic E-state index is 0.107. The van der Waals surface area contributed by atoms with Crippen molar-refractivity contribution < 1.29 is 14.3 Å². The molecule has 0 radical (unpaired) electrons. The van der Waals surface area contributed by atoms with Crippen LogP contribution in [0.15, 0.2) is 66.7 Å². The van der Waals surface area contributed by atoms with Crippen molar-refractivity contribution in [3.8, 4) is 17.2 Å². The van der Waals surface area contributed by atoms with Crippen LogP contribution < -0.4 is 14.8 Å². The highest BCUT2D eigenvalue weighted by atomic mass is 35.5. The van der Waals surface area contributed by atoms with Gasteiger partial charge in [0.25, 0.3) is 5.91 Å². The first-order chi connectivity index (χ1) is 14.2. The second-order valence-electron chi connectivity index (χ2n) is 6.68. The van der Waals surface area contributed by atoms with Crippen molar-refractivity contribution in [3.63, 3.8) is 0 Å². The van der Waals surface area contributed by atoms with E-state index in [0.29, 0.717) is 23.0 Å². The van der Waals surface area contributed by atoms with Gasteiger partial charge >= 0.3 is 0 Å². The molecule has 146 valence electrons. The van der Waals surface area contributed by atoms with Gasteiger partial charge in [-0.3, -0.25) is 4.79 Å². The molecule has 1 heterocycles. The van der Waals surface area contributed by atoms with E-state index in [-0.39, 0.29) is 5.91 Å². The number of fused-ring (bicyclic) bond motifs is 1. The van der Waals surface area contributed by atoms with Crippen LogP contribution in [0.4, 0.5) is 5.69 Å². The predicted octanol–water partition coefficient (Wildman–Crippen LogP) is 5.76. The molecule has 0 spiro atoms. The molecule has 4 rings (SSSR count). The van der Waals surface area contributed by atoms with Crippen LogP contribution in [0, 0.1) is 0 Å². The molecule has 1 aliphatic heterocycles. The summed E-state index contributed by atoms with van der Waals surface area (Å²) in [7, 11) is 1.63. The Morgan fingerprint density at radius 2 is 1.76 bits per heavy atom. The molecule has 1 N–H and O–H groups in total. The number of halogens is 1. The zero-order valence-corrected chi connectivity index (χ0v) is 16.7. The topological polar surface area (TPSA) is 47.6 Å². The fourth-order valence-electron chi connectivity index (χ4n) is 3.26. The third-order valence-electron chi connectivity index (χ3n) is 4.71. The average molecular weight is 406 g/mol. The van der Waals surface area contributed by atoms with E-state index in [1.165, 1.54) is 0 Å². The van der Waals surface area contributed by atoms with E-state index in [0.717, 1.165) is 34.5 Å². The summed E-state index contributed by atoms with van der Waals surface area (Å²) in [4.78, 5) is 12.5. The van der Waals surface area contributed by atoms with Gasteiger partial charge in [-0.05, 0) is 72.2 Å². The molecule has 3 aromatic rings. The lowest BCUT2D eigenvalue weighted by atomic mass is 10.0. The lowest BCUT2D eigenvalue weighted by Gasteiger charge is -2.08. The van der Waals surface area contributed by atoms with Crippen LogP contribution in [0.3, 0.4) is 0 Å². The minimum Gasteiger partial charge on any atom is -0.497 e. The second-order valence-corrected chi connectivity index (χ2v) is 7.06. The molecule has 0 fully saturated rings. The maximum atomic E-state index is 12.5. The molecule has 0 aromatic heterocycles. The number of carbonyl (C=O) groups excluding carboxylic acids is 1. The zero-order valence-electron chi connectivity index (χ0n) is 15.9. The van der Waals surface area contributed by atoms with Crippen molar-refractivity contribution in [1.82, 2.24) is 0 Å². The highest BCUT2D eigenvalue weighted by Gasteiger charge is 2.24. The Morgan fingerprint density at radius 1 is 0.966 bits per heavy atom. The Hall–Kier alpha value is -3.24. The van der Waals surface area contributed by atoms with Crippen molar-refractivity contribution in [2.45, 2.75) is 6.42 Å². The summed E-state index contributed by atoms with van der Waals surface area (Å²) >= 11 is 5.86. The number of hydrogen-bond acceptors (Lipinski definition) is 3. The smallest absolute Gasteiger partial charge is 0.256 e. The molecule has 0 unspecified atom stereocenters. The molecule has 0 saturated heterocycles. The van der Waals surface area contributed by atoms with Gasteiger partial charge in [-0.2, -0.15) is 0 Å². The summed E-state index contributed by atoms with van der Waals surface area (Å²) in [6.07, 6.45) is 2.65. The van der Waals surface area contributed by atoms with Crippen LogP contribution in [0.5, 0.6) is 17.2 Å². The maximum absolute atomic E-state index is 12.5. The molecule has 1 aliphatic rings. The van der Waals surface area contributed by atoms with E-state index in [1.54, 1.807) is 7.11 Å². The normalized spacial score (nSPS) is 13.9. The van der Waals surface area contributed by atoms with Crippen molar-refractivity contribution in [3.05, 3.63) is 83.4 Å². The van der Waals surface area contributed by atoms with E-state index in [1.807, 2.05) is 72.8 Å². The predicted molar refractivity (Wildman–Crippen MR) is 117 cm³/mol. The molecule has 3 aromatic carbocycles. The van der Waals surface area contributed by atoms with Gasteiger partial charge in [-0.25, -0.2) is 0 Å². The van der Waals surface area contributed by atoms with Crippen LogP contribution in [0.1, 0.15) is 16.7 Å². The van der Waals surface area contributed by atoms with E-state index in [4.69, 9.17) is 21.1 Å². The third kappa shape index (κ3) is 4.28. The fourth-order valence-corrected chi connectivity index (χ4v) is 3.48. The number of hydrogen-bond donors (Lipinski definition) is 1. The number of methoxy groups -OCH3 is 1. The monoisotopic (exact) mass is 405 g/mol. The number of anilines is 1. The van der Waals surface area contributed by atoms with Crippen LogP contribution in [-0.2, 0) is 11.2 Å². The molecule has 29 heavy (non-hydrogen) atoms. The Labute approximate surface area is 174 Å². The number of nitrogens with one attached hydrogen (secondary N) is 1.